The summed E-state index contributed by atoms with van der Waals surface area (Å²) < 4.78 is 50.9. The minimum atomic E-state index is -3.63. The third-order valence-corrected chi connectivity index (χ3v) is 6.24. The SMILES string of the molecule is COc1cccc(COCc2ccc(NC(=O)c3cccc(-c4cnc(Cl)c(NS(C)(=O)=O)n4)c3)cc2F)c1. The molecule has 0 aliphatic carbocycles. The standard InChI is InChI=1S/C27H24ClFN4O5S/c1-37-22-8-3-5-17(11-22)15-38-16-20-9-10-21(13-23(20)29)31-27(34)19-7-4-6-18(12-19)24-14-30-25(28)26(32-24)33-39(2,35)36/h3-14H,15-16H2,1-2H3,(H,31,34)(H,32,33). The monoisotopic (exact) mass is 570 g/mol. The van der Waals surface area contributed by atoms with Gasteiger partial charge in [-0.25, -0.2) is 22.8 Å². The van der Waals surface area contributed by atoms with E-state index in [1.165, 1.54) is 12.3 Å². The number of hydrogen-bond donors (Lipinski definition) is 2. The van der Waals surface area contributed by atoms with Crippen LogP contribution in [0.25, 0.3) is 11.3 Å². The minimum Gasteiger partial charge on any atom is -0.497 e. The molecule has 0 unspecified atom stereocenters. The smallest absolute Gasteiger partial charge is 0.255 e. The lowest BCUT2D eigenvalue weighted by Crippen LogP contribution is -2.13. The maximum atomic E-state index is 14.7. The first kappa shape index (κ1) is 28.0. The van der Waals surface area contributed by atoms with Crippen LogP contribution >= 0.6 is 11.6 Å². The van der Waals surface area contributed by atoms with E-state index in [9.17, 15) is 17.6 Å². The van der Waals surface area contributed by atoms with Crippen molar-refractivity contribution in [3.63, 3.8) is 0 Å². The number of anilines is 2. The highest BCUT2D eigenvalue weighted by Crippen LogP contribution is 2.25. The van der Waals surface area contributed by atoms with E-state index < -0.39 is 21.7 Å². The van der Waals surface area contributed by atoms with E-state index >= 15 is 0 Å². The molecule has 4 aromatic rings. The zero-order chi connectivity index (χ0) is 28.0. The number of nitrogens with one attached hydrogen (secondary N) is 2. The Labute approximate surface area is 230 Å². The number of ether oxygens (including phenoxy) is 2. The van der Waals surface area contributed by atoms with Gasteiger partial charge in [-0.2, -0.15) is 0 Å². The number of aromatic nitrogens is 2. The predicted octanol–water partition coefficient (Wildman–Crippen LogP) is 5.29. The topological polar surface area (TPSA) is 120 Å². The first-order valence-electron chi connectivity index (χ1n) is 11.5. The van der Waals surface area contributed by atoms with Crippen molar-refractivity contribution in [1.82, 2.24) is 9.97 Å². The summed E-state index contributed by atoms with van der Waals surface area (Å²) in [4.78, 5) is 21.0. The Bertz CT molecular complexity index is 1620. The van der Waals surface area contributed by atoms with Gasteiger partial charge >= 0.3 is 0 Å². The first-order chi connectivity index (χ1) is 18.6. The summed E-state index contributed by atoms with van der Waals surface area (Å²) in [7, 11) is -2.05. The highest BCUT2D eigenvalue weighted by atomic mass is 35.5. The molecule has 0 spiro atoms. The number of carbonyl (C=O) groups is 1. The van der Waals surface area contributed by atoms with Gasteiger partial charge in [0.2, 0.25) is 10.0 Å². The van der Waals surface area contributed by atoms with Crippen LogP contribution in [-0.4, -0.2) is 37.7 Å². The molecule has 202 valence electrons. The molecule has 39 heavy (non-hydrogen) atoms. The van der Waals surface area contributed by atoms with E-state index in [1.807, 2.05) is 24.3 Å². The van der Waals surface area contributed by atoms with E-state index in [-0.39, 0.29) is 35.4 Å². The molecule has 12 heteroatoms. The predicted molar refractivity (Wildman–Crippen MR) is 147 cm³/mol. The Morgan fingerprint density at radius 3 is 2.59 bits per heavy atom. The van der Waals surface area contributed by atoms with Crippen LogP contribution in [0.15, 0.2) is 72.9 Å². The van der Waals surface area contributed by atoms with E-state index in [1.54, 1.807) is 43.5 Å². The molecule has 0 saturated carbocycles. The van der Waals surface area contributed by atoms with Crippen LogP contribution in [0.1, 0.15) is 21.5 Å². The fourth-order valence-electron chi connectivity index (χ4n) is 3.56. The summed E-state index contributed by atoms with van der Waals surface area (Å²) in [6, 6.07) is 18.2. The van der Waals surface area contributed by atoms with Gasteiger partial charge < -0.3 is 14.8 Å². The van der Waals surface area contributed by atoms with Gasteiger partial charge in [0.1, 0.15) is 11.6 Å². The van der Waals surface area contributed by atoms with Crippen molar-refractivity contribution in [2.45, 2.75) is 13.2 Å². The van der Waals surface area contributed by atoms with Gasteiger partial charge in [-0.1, -0.05) is 41.9 Å². The lowest BCUT2D eigenvalue weighted by molar-refractivity contribution is 0.102. The van der Waals surface area contributed by atoms with Crippen molar-refractivity contribution >= 4 is 39.0 Å². The van der Waals surface area contributed by atoms with Gasteiger partial charge in [0.15, 0.2) is 11.0 Å². The zero-order valence-electron chi connectivity index (χ0n) is 20.9. The summed E-state index contributed by atoms with van der Waals surface area (Å²) in [6.45, 7) is 0.340. The third kappa shape index (κ3) is 7.73. The van der Waals surface area contributed by atoms with Crippen LogP contribution in [0, 0.1) is 5.82 Å². The Hall–Kier alpha value is -4.06. The molecule has 0 aliphatic heterocycles. The molecule has 0 saturated heterocycles. The van der Waals surface area contributed by atoms with Crippen LogP contribution in [0.4, 0.5) is 15.9 Å². The van der Waals surface area contributed by atoms with Gasteiger partial charge in [0.25, 0.3) is 5.91 Å². The number of methoxy groups -OCH3 is 1. The Morgan fingerprint density at radius 1 is 1.05 bits per heavy atom. The van der Waals surface area contributed by atoms with E-state index in [0.717, 1.165) is 11.8 Å². The van der Waals surface area contributed by atoms with Crippen LogP contribution < -0.4 is 14.8 Å². The molecule has 4 rings (SSSR count). The number of amides is 1. The van der Waals surface area contributed by atoms with Crippen LogP contribution in [0.3, 0.4) is 0 Å². The Morgan fingerprint density at radius 2 is 1.85 bits per heavy atom. The lowest BCUT2D eigenvalue weighted by atomic mass is 10.1. The molecular weight excluding hydrogens is 547 g/mol. The number of benzene rings is 3. The molecule has 0 radical (unpaired) electrons. The second kappa shape index (κ2) is 12.2. The fourth-order valence-corrected chi connectivity index (χ4v) is 4.25. The molecule has 1 aromatic heterocycles. The quantitative estimate of drug-likeness (QED) is 0.266. The molecule has 3 aromatic carbocycles. The Balaban J connectivity index is 1.42. The van der Waals surface area contributed by atoms with E-state index in [4.69, 9.17) is 21.1 Å². The molecule has 0 fully saturated rings. The summed E-state index contributed by atoms with van der Waals surface area (Å²) >= 11 is 5.95. The second-order valence-corrected chi connectivity index (χ2v) is 10.6. The van der Waals surface area contributed by atoms with Crippen LogP contribution in [0.5, 0.6) is 5.75 Å². The highest BCUT2D eigenvalue weighted by molar-refractivity contribution is 7.92. The maximum absolute atomic E-state index is 14.7. The molecular formula is C27H24ClFN4O5S. The number of halogens is 2. The van der Waals surface area contributed by atoms with Crippen molar-refractivity contribution in [1.29, 1.82) is 0 Å². The number of hydrogen-bond acceptors (Lipinski definition) is 7. The normalized spacial score (nSPS) is 11.2. The number of carbonyl (C=O) groups excluding carboxylic acids is 1. The highest BCUT2D eigenvalue weighted by Gasteiger charge is 2.14. The second-order valence-electron chi connectivity index (χ2n) is 8.45. The summed E-state index contributed by atoms with van der Waals surface area (Å²) in [5.41, 5.74) is 2.58. The third-order valence-electron chi connectivity index (χ3n) is 5.40. The van der Waals surface area contributed by atoms with Gasteiger partial charge in [0.05, 0.1) is 38.5 Å². The van der Waals surface area contributed by atoms with Crippen molar-refractivity contribution in [2.24, 2.45) is 0 Å². The Kier molecular flexibility index (Phi) is 8.75. The average Bonchev–Trinajstić information content (AvgIpc) is 2.90. The van der Waals surface area contributed by atoms with Crippen molar-refractivity contribution < 1.29 is 27.1 Å². The molecule has 2 N–H and O–H groups in total. The molecule has 0 aliphatic rings. The lowest BCUT2D eigenvalue weighted by Gasteiger charge is -2.11. The van der Waals surface area contributed by atoms with Crippen LogP contribution in [0.2, 0.25) is 5.15 Å². The number of sulfonamides is 1. The molecule has 9 nitrogen and oxygen atoms in total. The van der Waals surface area contributed by atoms with E-state index in [0.29, 0.717) is 22.6 Å². The summed E-state index contributed by atoms with van der Waals surface area (Å²) in [5, 5.41) is 2.55. The number of nitrogens with zero attached hydrogens (tertiary/aromatic N) is 2. The van der Waals surface area contributed by atoms with Crippen molar-refractivity contribution in [3.8, 4) is 17.0 Å². The molecule has 0 bridgehead atoms. The van der Waals surface area contributed by atoms with Crippen molar-refractivity contribution in [3.05, 3.63) is 101 Å². The largest absolute Gasteiger partial charge is 0.497 e. The maximum Gasteiger partial charge on any atom is 0.255 e. The minimum absolute atomic E-state index is 0.0532. The van der Waals surface area contributed by atoms with E-state index in [2.05, 4.69) is 20.0 Å². The molecule has 0 atom stereocenters. The first-order valence-corrected chi connectivity index (χ1v) is 13.8. The van der Waals surface area contributed by atoms with Gasteiger partial charge in [-0.05, 0) is 42.0 Å². The molecule has 1 heterocycles. The zero-order valence-corrected chi connectivity index (χ0v) is 22.5. The number of rotatable bonds is 10. The average molecular weight is 571 g/mol. The summed E-state index contributed by atoms with van der Waals surface area (Å²) in [6.07, 6.45) is 2.32. The fraction of sp³-hybridized carbons (Fsp3) is 0.148. The summed E-state index contributed by atoms with van der Waals surface area (Å²) in [5.74, 6) is -0.415. The van der Waals surface area contributed by atoms with Gasteiger partial charge in [-0.3, -0.25) is 9.52 Å². The van der Waals surface area contributed by atoms with Gasteiger partial charge in [0, 0.05) is 22.4 Å². The van der Waals surface area contributed by atoms with Crippen molar-refractivity contribution in [2.75, 3.05) is 23.4 Å². The van der Waals surface area contributed by atoms with Gasteiger partial charge in [-0.15, -0.1) is 0 Å². The molecule has 1 amide bonds. The van der Waals surface area contributed by atoms with Crippen LogP contribution in [-0.2, 0) is 28.0 Å².